The average Bonchev–Trinajstić information content (AvgIpc) is 2.97. The normalized spacial score (nSPS) is 20.3. The molecule has 1 amide bonds. The Morgan fingerprint density at radius 1 is 1.60 bits per heavy atom. The number of nitrogens with zero attached hydrogens (tertiary/aromatic N) is 2. The number of rotatable bonds is 4. The highest BCUT2D eigenvalue weighted by Gasteiger charge is 2.24. The molecule has 1 saturated heterocycles. The fourth-order valence-electron chi connectivity index (χ4n) is 2.32. The number of nitrogens with one attached hydrogen (secondary N) is 1. The molecule has 0 radical (unpaired) electrons. The molecule has 1 atom stereocenters. The molecule has 0 saturated carbocycles. The highest BCUT2D eigenvalue weighted by molar-refractivity contribution is 5.91. The Labute approximate surface area is 119 Å². The molecule has 0 spiro atoms. The molecule has 1 unspecified atom stereocenters. The van der Waals surface area contributed by atoms with Gasteiger partial charge in [0.05, 0.1) is 12.2 Å². The first kappa shape index (κ1) is 15.0. The van der Waals surface area contributed by atoms with Gasteiger partial charge in [-0.25, -0.2) is 0 Å². The lowest BCUT2D eigenvalue weighted by atomic mass is 9.92. The Balaban J connectivity index is 1.84. The second-order valence-corrected chi connectivity index (χ2v) is 6.50. The van der Waals surface area contributed by atoms with Gasteiger partial charge in [-0.3, -0.25) is 15.0 Å². The van der Waals surface area contributed by atoms with E-state index in [-0.39, 0.29) is 11.3 Å². The Hall–Kier alpha value is -1.40. The van der Waals surface area contributed by atoms with E-state index in [9.17, 15) is 4.79 Å². The highest BCUT2D eigenvalue weighted by atomic mass is 16.5. The second-order valence-electron chi connectivity index (χ2n) is 6.50. The number of carbonyl (C=O) groups is 1. The molecule has 20 heavy (non-hydrogen) atoms. The fourth-order valence-corrected chi connectivity index (χ4v) is 2.32. The van der Waals surface area contributed by atoms with Crippen molar-refractivity contribution in [1.29, 1.82) is 0 Å². The van der Waals surface area contributed by atoms with Crippen LogP contribution in [0.1, 0.15) is 32.9 Å². The largest absolute Gasteiger partial charge is 0.338 e. The molecule has 112 valence electrons. The van der Waals surface area contributed by atoms with E-state index in [1.54, 1.807) is 6.07 Å². The smallest absolute Gasteiger partial charge is 0.240 e. The third-order valence-corrected chi connectivity index (χ3v) is 3.61. The maximum Gasteiger partial charge on any atom is 0.240 e. The van der Waals surface area contributed by atoms with Crippen LogP contribution >= 0.6 is 0 Å². The van der Waals surface area contributed by atoms with Crippen LogP contribution in [0.4, 0.5) is 5.88 Å². The molecule has 6 nitrogen and oxygen atoms in total. The lowest BCUT2D eigenvalue weighted by Crippen LogP contribution is -2.32. The predicted molar refractivity (Wildman–Crippen MR) is 77.4 cm³/mol. The van der Waals surface area contributed by atoms with Gasteiger partial charge in [0, 0.05) is 18.0 Å². The molecule has 2 heterocycles. The summed E-state index contributed by atoms with van der Waals surface area (Å²) in [7, 11) is 0. The maximum absolute atomic E-state index is 12.0. The molecule has 0 bridgehead atoms. The van der Waals surface area contributed by atoms with Gasteiger partial charge in [-0.2, -0.15) is 0 Å². The number of anilines is 1. The zero-order valence-electron chi connectivity index (χ0n) is 12.5. The van der Waals surface area contributed by atoms with E-state index in [2.05, 4.69) is 15.4 Å². The van der Waals surface area contributed by atoms with Crippen LogP contribution in [-0.2, 0) is 10.2 Å². The van der Waals surface area contributed by atoms with E-state index in [4.69, 9.17) is 10.3 Å². The number of amides is 1. The molecule has 0 aromatic carbocycles. The van der Waals surface area contributed by atoms with Crippen LogP contribution in [0.3, 0.4) is 0 Å². The summed E-state index contributed by atoms with van der Waals surface area (Å²) in [5, 5.41) is 6.73. The van der Waals surface area contributed by atoms with Crippen LogP contribution in [0.15, 0.2) is 10.6 Å². The predicted octanol–water partition coefficient (Wildman–Crippen LogP) is 1.19. The van der Waals surface area contributed by atoms with E-state index in [1.165, 1.54) is 0 Å². The summed E-state index contributed by atoms with van der Waals surface area (Å²) in [6.07, 6.45) is 1.07. The summed E-state index contributed by atoms with van der Waals surface area (Å²) in [4.78, 5) is 14.1. The molecule has 2 rings (SSSR count). The molecule has 1 aliphatic rings. The van der Waals surface area contributed by atoms with Crippen LogP contribution in [0.2, 0.25) is 0 Å². The van der Waals surface area contributed by atoms with Gasteiger partial charge in [0.1, 0.15) is 0 Å². The minimum absolute atomic E-state index is 0.0701. The maximum atomic E-state index is 12.0. The molecule has 3 N–H and O–H groups in total. The summed E-state index contributed by atoms with van der Waals surface area (Å²) in [6.45, 7) is 9.04. The zero-order valence-corrected chi connectivity index (χ0v) is 12.5. The molecule has 1 fully saturated rings. The van der Waals surface area contributed by atoms with Gasteiger partial charge in [-0.15, -0.1) is 0 Å². The summed E-state index contributed by atoms with van der Waals surface area (Å²) >= 11 is 0. The van der Waals surface area contributed by atoms with Gasteiger partial charge in [0.15, 0.2) is 0 Å². The van der Waals surface area contributed by atoms with Crippen molar-refractivity contribution < 1.29 is 9.32 Å². The third kappa shape index (κ3) is 3.80. The van der Waals surface area contributed by atoms with Crippen molar-refractivity contribution in [3.63, 3.8) is 0 Å². The van der Waals surface area contributed by atoms with E-state index in [0.29, 0.717) is 24.9 Å². The van der Waals surface area contributed by atoms with Gasteiger partial charge < -0.3 is 10.3 Å². The second kappa shape index (κ2) is 5.93. The summed E-state index contributed by atoms with van der Waals surface area (Å²) in [6, 6.07) is 1.78. The van der Waals surface area contributed by atoms with Crippen molar-refractivity contribution in [2.24, 2.45) is 11.7 Å². The summed E-state index contributed by atoms with van der Waals surface area (Å²) < 4.78 is 5.15. The van der Waals surface area contributed by atoms with E-state index in [0.717, 1.165) is 25.2 Å². The highest BCUT2D eigenvalue weighted by Crippen LogP contribution is 2.23. The topological polar surface area (TPSA) is 84.4 Å². The van der Waals surface area contributed by atoms with Crippen molar-refractivity contribution >= 4 is 11.8 Å². The Kier molecular flexibility index (Phi) is 4.45. The minimum atomic E-state index is -0.0875. The Morgan fingerprint density at radius 2 is 2.35 bits per heavy atom. The number of hydrogen-bond donors (Lipinski definition) is 2. The number of likely N-dealkylation sites (tertiary alicyclic amines) is 1. The summed E-state index contributed by atoms with van der Waals surface area (Å²) in [5.41, 5.74) is 6.39. The molecule has 1 aromatic heterocycles. The van der Waals surface area contributed by atoms with E-state index < -0.39 is 0 Å². The molecule has 0 aliphatic carbocycles. The zero-order chi connectivity index (χ0) is 14.8. The van der Waals surface area contributed by atoms with Crippen molar-refractivity contribution in [1.82, 2.24) is 10.1 Å². The number of aromatic nitrogens is 1. The van der Waals surface area contributed by atoms with Crippen LogP contribution in [0.5, 0.6) is 0 Å². The molecule has 1 aromatic rings. The van der Waals surface area contributed by atoms with Gasteiger partial charge >= 0.3 is 0 Å². The summed E-state index contributed by atoms with van der Waals surface area (Å²) in [5.74, 6) is 0.856. The van der Waals surface area contributed by atoms with Crippen molar-refractivity contribution in [3.05, 3.63) is 11.8 Å². The lowest BCUT2D eigenvalue weighted by molar-refractivity contribution is -0.117. The molecular weight excluding hydrogens is 256 g/mol. The van der Waals surface area contributed by atoms with Gasteiger partial charge in [0.2, 0.25) is 11.8 Å². The van der Waals surface area contributed by atoms with Crippen molar-refractivity contribution in [3.8, 4) is 0 Å². The van der Waals surface area contributed by atoms with Crippen molar-refractivity contribution in [2.45, 2.75) is 32.6 Å². The quantitative estimate of drug-likeness (QED) is 0.865. The number of nitrogens with two attached hydrogens (primary N) is 1. The first-order valence-corrected chi connectivity index (χ1v) is 7.08. The van der Waals surface area contributed by atoms with Crippen LogP contribution in [-0.4, -0.2) is 42.1 Å². The average molecular weight is 280 g/mol. The first-order chi connectivity index (χ1) is 9.38. The van der Waals surface area contributed by atoms with Gasteiger partial charge in [-0.1, -0.05) is 25.9 Å². The van der Waals surface area contributed by atoms with Crippen LogP contribution in [0.25, 0.3) is 0 Å². The van der Waals surface area contributed by atoms with Crippen molar-refractivity contribution in [2.75, 3.05) is 31.5 Å². The Morgan fingerprint density at radius 3 is 2.90 bits per heavy atom. The first-order valence-electron chi connectivity index (χ1n) is 7.08. The fraction of sp³-hybridized carbons (Fsp3) is 0.714. The standard InChI is InChI=1S/C14H24N4O2/c1-14(2,3)11-6-13(20-17-11)16-12(19)9-18-5-4-10(7-15)8-18/h6,10H,4-5,7-9,15H2,1-3H3,(H,16,19). The number of hydrogen-bond acceptors (Lipinski definition) is 5. The van der Waals surface area contributed by atoms with Crippen LogP contribution in [0, 0.1) is 5.92 Å². The van der Waals surface area contributed by atoms with Crippen LogP contribution < -0.4 is 11.1 Å². The monoisotopic (exact) mass is 280 g/mol. The minimum Gasteiger partial charge on any atom is -0.338 e. The third-order valence-electron chi connectivity index (χ3n) is 3.61. The molecule has 6 heteroatoms. The van der Waals surface area contributed by atoms with Gasteiger partial charge in [-0.05, 0) is 25.4 Å². The van der Waals surface area contributed by atoms with Gasteiger partial charge in [0.25, 0.3) is 0 Å². The molecule has 1 aliphatic heterocycles. The lowest BCUT2D eigenvalue weighted by Gasteiger charge is -2.14. The Bertz CT molecular complexity index is 464. The van der Waals surface area contributed by atoms with E-state index in [1.807, 2.05) is 20.8 Å². The number of carbonyl (C=O) groups excluding carboxylic acids is 1. The van der Waals surface area contributed by atoms with E-state index >= 15 is 0 Å². The molecular formula is C14H24N4O2. The SMILES string of the molecule is CC(C)(C)c1cc(NC(=O)CN2CCC(CN)C2)on1.